The molecule has 1 spiro atoms. The summed E-state index contributed by atoms with van der Waals surface area (Å²) in [6, 6.07) is 10.9. The van der Waals surface area contributed by atoms with Crippen molar-refractivity contribution in [1.29, 1.82) is 0 Å². The first-order valence-corrected chi connectivity index (χ1v) is 18.9. The summed E-state index contributed by atoms with van der Waals surface area (Å²) in [4.78, 5) is 30.2. The van der Waals surface area contributed by atoms with E-state index in [1.54, 1.807) is 30.2 Å². The molecule has 0 aromatic heterocycles. The van der Waals surface area contributed by atoms with Crippen LogP contribution in [0, 0.1) is 11.8 Å². The first-order valence-electron chi connectivity index (χ1n) is 17.1. The van der Waals surface area contributed by atoms with Gasteiger partial charge in [-0.25, -0.2) is 17.9 Å². The molecule has 4 aliphatic rings. The molecule has 0 radical (unpaired) electrons. The summed E-state index contributed by atoms with van der Waals surface area (Å²) in [5.41, 5.74) is 1.25. The number of nitrogens with one attached hydrogen (secondary N) is 2. The second-order valence-corrected chi connectivity index (χ2v) is 16.4. The lowest BCUT2D eigenvalue weighted by atomic mass is 9.68. The zero-order valence-corrected chi connectivity index (χ0v) is 30.2. The van der Waals surface area contributed by atoms with Gasteiger partial charge in [0.25, 0.3) is 15.9 Å². The number of rotatable bonds is 4. The van der Waals surface area contributed by atoms with Gasteiger partial charge in [0.1, 0.15) is 17.5 Å². The molecule has 11 nitrogen and oxygen atoms in total. The molecular weight excluding hydrogens is 668 g/mol. The van der Waals surface area contributed by atoms with Crippen LogP contribution in [0.15, 0.2) is 53.4 Å². The molecule has 266 valence electrons. The van der Waals surface area contributed by atoms with E-state index in [0.29, 0.717) is 49.2 Å². The first-order chi connectivity index (χ1) is 23.3. The number of carbonyl (C=O) groups is 2. The van der Waals surface area contributed by atoms with E-state index in [4.69, 9.17) is 25.8 Å². The number of amides is 2. The maximum Gasteiger partial charge on any atom is 0.410 e. The molecule has 0 saturated heterocycles. The molecule has 1 saturated carbocycles. The van der Waals surface area contributed by atoms with E-state index < -0.39 is 33.7 Å². The zero-order chi connectivity index (χ0) is 35.0. The summed E-state index contributed by atoms with van der Waals surface area (Å²) in [7, 11) is -0.687. The summed E-state index contributed by atoms with van der Waals surface area (Å²) in [5, 5.41) is 3.76. The van der Waals surface area contributed by atoms with Gasteiger partial charge in [-0.15, -0.1) is 0 Å². The van der Waals surface area contributed by atoms with Gasteiger partial charge in [0.15, 0.2) is 0 Å². The van der Waals surface area contributed by atoms with Crippen molar-refractivity contribution in [2.24, 2.45) is 11.8 Å². The molecule has 1 fully saturated rings. The van der Waals surface area contributed by atoms with Crippen LogP contribution in [0.3, 0.4) is 0 Å². The SMILES string of the molecule is CNCCN(C)C(=O)O[C@H]1/C=C\COC(C)(C)C(=O)NS(=O)(=O)c2ccc3c(c2)N(C[C@@H]2CC[C@H]21)C[C@@]1(CCCc2cc(Cl)ccc21)CO3. The predicted octanol–water partition coefficient (Wildman–Crippen LogP) is 4.67. The van der Waals surface area contributed by atoms with Crippen LogP contribution in [0.2, 0.25) is 5.02 Å². The number of anilines is 1. The van der Waals surface area contributed by atoms with Gasteiger partial charge in [-0.3, -0.25) is 4.79 Å². The average molecular weight is 715 g/mol. The van der Waals surface area contributed by atoms with E-state index in [0.717, 1.165) is 32.1 Å². The molecule has 0 unspecified atom stereocenters. The first kappa shape index (κ1) is 35.5. The number of aryl methyl sites for hydroxylation is 1. The highest BCUT2D eigenvalue weighted by atomic mass is 35.5. The van der Waals surface area contributed by atoms with Gasteiger partial charge < -0.3 is 29.3 Å². The summed E-state index contributed by atoms with van der Waals surface area (Å²) >= 11 is 6.43. The molecule has 2 aromatic rings. The van der Waals surface area contributed by atoms with E-state index in [-0.39, 0.29) is 28.8 Å². The van der Waals surface area contributed by atoms with Crippen molar-refractivity contribution in [3.05, 3.63) is 64.7 Å². The van der Waals surface area contributed by atoms with Gasteiger partial charge >= 0.3 is 6.09 Å². The van der Waals surface area contributed by atoms with Crippen molar-refractivity contribution in [3.63, 3.8) is 0 Å². The topological polar surface area (TPSA) is 127 Å². The number of likely N-dealkylation sites (N-methyl/N-ethyl adjacent to an activating group) is 2. The second-order valence-electron chi connectivity index (χ2n) is 14.3. The molecule has 6 rings (SSSR count). The average Bonchev–Trinajstić information content (AvgIpc) is 3.19. The normalized spacial score (nSPS) is 28.1. The van der Waals surface area contributed by atoms with Crippen molar-refractivity contribution < 1.29 is 32.2 Å². The van der Waals surface area contributed by atoms with E-state index in [1.165, 1.54) is 31.0 Å². The zero-order valence-electron chi connectivity index (χ0n) is 28.7. The minimum absolute atomic E-state index is 0.0232. The molecule has 13 heteroatoms. The summed E-state index contributed by atoms with van der Waals surface area (Å²) in [6.07, 6.45) is 7.25. The monoisotopic (exact) mass is 714 g/mol. The Kier molecular flexibility index (Phi) is 10.2. The number of hydrogen-bond donors (Lipinski definition) is 2. The lowest BCUT2D eigenvalue weighted by molar-refractivity contribution is -0.139. The number of benzene rings is 2. The maximum absolute atomic E-state index is 13.6. The lowest BCUT2D eigenvalue weighted by Gasteiger charge is -2.46. The molecule has 2 aliphatic heterocycles. The Hall–Kier alpha value is -3.32. The number of fused-ring (bicyclic) bond motifs is 4. The Balaban J connectivity index is 1.40. The van der Waals surface area contributed by atoms with Crippen LogP contribution in [0.25, 0.3) is 0 Å². The second kappa shape index (κ2) is 14.1. The minimum Gasteiger partial charge on any atom is -0.490 e. The van der Waals surface area contributed by atoms with Crippen molar-refractivity contribution in [2.75, 3.05) is 58.4 Å². The Morgan fingerprint density at radius 1 is 1.20 bits per heavy atom. The van der Waals surface area contributed by atoms with Gasteiger partial charge in [-0.1, -0.05) is 23.7 Å². The fourth-order valence-corrected chi connectivity index (χ4v) is 8.78. The molecule has 2 heterocycles. The number of nitrogens with zero attached hydrogens (tertiary/aromatic N) is 2. The van der Waals surface area contributed by atoms with Gasteiger partial charge in [-0.05, 0) is 106 Å². The molecular formula is C36H47ClN4O7S. The third-order valence-electron chi connectivity index (χ3n) is 10.6. The van der Waals surface area contributed by atoms with Crippen LogP contribution in [0.1, 0.15) is 50.7 Å². The van der Waals surface area contributed by atoms with Crippen LogP contribution in [-0.4, -0.2) is 90.5 Å². The fraction of sp³-hybridized carbons (Fsp3) is 0.556. The Morgan fingerprint density at radius 2 is 2.02 bits per heavy atom. The van der Waals surface area contributed by atoms with E-state index in [9.17, 15) is 18.0 Å². The van der Waals surface area contributed by atoms with Gasteiger partial charge in [0.05, 0.1) is 23.8 Å². The third kappa shape index (κ3) is 7.43. The summed E-state index contributed by atoms with van der Waals surface area (Å²) in [6.45, 7) is 5.82. The largest absolute Gasteiger partial charge is 0.490 e. The number of halogens is 1. The third-order valence-corrected chi connectivity index (χ3v) is 12.1. The van der Waals surface area contributed by atoms with Crippen LogP contribution in [0.4, 0.5) is 10.5 Å². The van der Waals surface area contributed by atoms with Crippen molar-refractivity contribution in [1.82, 2.24) is 14.9 Å². The molecule has 2 amide bonds. The molecule has 2 aromatic carbocycles. The Bertz CT molecular complexity index is 1720. The van der Waals surface area contributed by atoms with E-state index in [2.05, 4.69) is 21.0 Å². The van der Waals surface area contributed by atoms with Crippen LogP contribution >= 0.6 is 11.6 Å². The number of carbonyl (C=O) groups excluding carboxylic acids is 2. The highest BCUT2D eigenvalue weighted by molar-refractivity contribution is 7.90. The standard InChI is InChI=1S/C36H47ClN4O7S/c1-35(2)33(42)39-49(44,45)27-11-14-32-30(20-27)41(22-36(23-46-32)15-5-7-24-19-26(37)10-13-29(24)36)21-25-9-12-28(25)31(8-6-18-47-35)48-34(43)40(4)17-16-38-3/h6,8,10-11,13-14,19-20,25,28,31,38H,5,7,9,12,15-18,21-23H2,1-4H3,(H,39,42)/b8-6-/t25-,28+,31-,36-/m0/s1. The highest BCUT2D eigenvalue weighted by Crippen LogP contribution is 2.47. The van der Waals surface area contributed by atoms with Crippen molar-refractivity contribution >= 4 is 39.3 Å². The van der Waals surface area contributed by atoms with Gasteiger partial charge in [0.2, 0.25) is 0 Å². The quantitative estimate of drug-likeness (QED) is 0.435. The molecule has 2 N–H and O–H groups in total. The minimum atomic E-state index is -4.24. The summed E-state index contributed by atoms with van der Waals surface area (Å²) < 4.78 is 48.0. The van der Waals surface area contributed by atoms with Crippen LogP contribution in [-0.2, 0) is 36.1 Å². The fourth-order valence-electron chi connectivity index (χ4n) is 7.46. The number of hydrogen-bond acceptors (Lipinski definition) is 9. The van der Waals surface area contributed by atoms with Crippen molar-refractivity contribution in [2.45, 2.75) is 68.0 Å². The summed E-state index contributed by atoms with van der Waals surface area (Å²) in [5.74, 6) is -0.0415. The van der Waals surface area contributed by atoms with Crippen LogP contribution < -0.4 is 19.7 Å². The van der Waals surface area contributed by atoms with E-state index >= 15 is 0 Å². The molecule has 4 atom stereocenters. The Morgan fingerprint density at radius 3 is 2.78 bits per heavy atom. The molecule has 49 heavy (non-hydrogen) atoms. The predicted molar refractivity (Wildman–Crippen MR) is 188 cm³/mol. The van der Waals surface area contributed by atoms with Gasteiger partial charge in [0, 0.05) is 49.6 Å². The lowest BCUT2D eigenvalue weighted by Crippen LogP contribution is -2.50. The van der Waals surface area contributed by atoms with E-state index in [1.807, 2.05) is 25.3 Å². The maximum atomic E-state index is 13.6. The highest BCUT2D eigenvalue weighted by Gasteiger charge is 2.45. The van der Waals surface area contributed by atoms with Gasteiger partial charge in [-0.2, -0.15) is 0 Å². The number of ether oxygens (including phenoxy) is 3. The van der Waals surface area contributed by atoms with Crippen LogP contribution in [0.5, 0.6) is 5.75 Å². The number of sulfonamides is 1. The van der Waals surface area contributed by atoms with Crippen molar-refractivity contribution in [3.8, 4) is 5.75 Å². The molecule has 2 bridgehead atoms. The smallest absolute Gasteiger partial charge is 0.410 e. The molecule has 2 aliphatic carbocycles. The Labute approximate surface area is 294 Å².